The maximum atomic E-state index is 12.7. The van der Waals surface area contributed by atoms with E-state index in [4.69, 9.17) is 4.74 Å². The number of alkyl halides is 2. The maximum Gasteiger partial charge on any atom is 0.387 e. The third-order valence-corrected chi connectivity index (χ3v) is 4.02. The molecule has 1 aliphatic rings. The van der Waals surface area contributed by atoms with Crippen LogP contribution in [0.1, 0.15) is 5.56 Å². The summed E-state index contributed by atoms with van der Waals surface area (Å²) in [4.78, 5) is 26.4. The lowest BCUT2D eigenvalue weighted by molar-refractivity contribution is -0.154. The molecule has 2 aromatic carbocycles. The number of carbonyl (C=O) groups is 2. The van der Waals surface area contributed by atoms with E-state index in [1.54, 1.807) is 6.07 Å². The van der Waals surface area contributed by atoms with E-state index in [0.29, 0.717) is 0 Å². The van der Waals surface area contributed by atoms with Gasteiger partial charge in [-0.05, 0) is 17.7 Å². The molecule has 1 N–H and O–H groups in total. The molecule has 0 unspecified atom stereocenters. The summed E-state index contributed by atoms with van der Waals surface area (Å²) in [6, 6.07) is 14.1. The molecule has 1 fully saturated rings. The zero-order valence-corrected chi connectivity index (χ0v) is 14.3. The van der Waals surface area contributed by atoms with Gasteiger partial charge in [0.1, 0.15) is 18.4 Å². The van der Waals surface area contributed by atoms with Crippen molar-refractivity contribution in [1.82, 2.24) is 4.90 Å². The lowest BCUT2D eigenvalue weighted by Crippen LogP contribution is -2.54. The number of nitrogens with one attached hydrogen (secondary N) is 1. The van der Waals surface area contributed by atoms with Crippen LogP contribution in [0.25, 0.3) is 0 Å². The van der Waals surface area contributed by atoms with Gasteiger partial charge in [-0.1, -0.05) is 36.4 Å². The van der Waals surface area contributed by atoms with E-state index in [9.17, 15) is 18.4 Å². The number of rotatable bonds is 6. The molecule has 0 spiro atoms. The predicted octanol–water partition coefficient (Wildman–Crippen LogP) is 2.65. The number of anilines is 1. The van der Waals surface area contributed by atoms with Gasteiger partial charge in [0.15, 0.2) is 0 Å². The first kappa shape index (κ1) is 18.8. The summed E-state index contributed by atoms with van der Waals surface area (Å²) in [6.07, 6.45) is 0. The van der Waals surface area contributed by atoms with Gasteiger partial charge in [0.25, 0.3) is 0 Å². The number of hydrogen-bond donors (Lipinski definition) is 1. The first-order valence-electron chi connectivity index (χ1n) is 8.30. The molecule has 2 amide bonds. The van der Waals surface area contributed by atoms with Crippen LogP contribution >= 0.6 is 0 Å². The molecular weight excluding hydrogens is 358 g/mol. The Morgan fingerprint density at radius 1 is 1.22 bits per heavy atom. The fourth-order valence-electron chi connectivity index (χ4n) is 2.78. The molecule has 1 aliphatic heterocycles. The van der Waals surface area contributed by atoms with Crippen LogP contribution in [-0.4, -0.2) is 42.6 Å². The van der Waals surface area contributed by atoms with Gasteiger partial charge in [0.05, 0.1) is 6.61 Å². The zero-order chi connectivity index (χ0) is 19.2. The van der Waals surface area contributed by atoms with E-state index >= 15 is 0 Å². The first-order chi connectivity index (χ1) is 13.0. The number of ether oxygens (including phenoxy) is 2. The van der Waals surface area contributed by atoms with Gasteiger partial charge in [-0.3, -0.25) is 9.59 Å². The highest BCUT2D eigenvalue weighted by Gasteiger charge is 2.34. The number of morpholine rings is 1. The van der Waals surface area contributed by atoms with Crippen LogP contribution in [0.3, 0.4) is 0 Å². The summed E-state index contributed by atoms with van der Waals surface area (Å²) >= 11 is 0. The Labute approximate surface area is 154 Å². The SMILES string of the molecule is O=C(Nc1cccc(OC(F)F)c1)[C@H]1COCC(=O)N1Cc1ccccc1. The van der Waals surface area contributed by atoms with Crippen molar-refractivity contribution in [2.75, 3.05) is 18.5 Å². The molecule has 1 heterocycles. The van der Waals surface area contributed by atoms with Crippen LogP contribution in [0.2, 0.25) is 0 Å². The van der Waals surface area contributed by atoms with Crippen molar-refractivity contribution in [3.63, 3.8) is 0 Å². The van der Waals surface area contributed by atoms with Crippen molar-refractivity contribution in [3.8, 4) is 5.75 Å². The molecule has 0 aromatic heterocycles. The van der Waals surface area contributed by atoms with E-state index in [1.807, 2.05) is 30.3 Å². The molecule has 6 nitrogen and oxygen atoms in total. The maximum absolute atomic E-state index is 12.7. The highest BCUT2D eigenvalue weighted by Crippen LogP contribution is 2.21. The van der Waals surface area contributed by atoms with Crippen LogP contribution < -0.4 is 10.1 Å². The molecule has 2 aromatic rings. The minimum atomic E-state index is -2.96. The van der Waals surface area contributed by atoms with Crippen molar-refractivity contribution >= 4 is 17.5 Å². The van der Waals surface area contributed by atoms with E-state index in [1.165, 1.54) is 23.1 Å². The van der Waals surface area contributed by atoms with Gasteiger partial charge in [-0.2, -0.15) is 8.78 Å². The molecule has 1 atom stereocenters. The van der Waals surface area contributed by atoms with Gasteiger partial charge in [0.2, 0.25) is 11.8 Å². The smallest absolute Gasteiger partial charge is 0.387 e. The summed E-state index contributed by atoms with van der Waals surface area (Å²) in [5.41, 5.74) is 1.17. The topological polar surface area (TPSA) is 67.9 Å². The van der Waals surface area contributed by atoms with E-state index in [0.717, 1.165) is 5.56 Å². The van der Waals surface area contributed by atoms with Gasteiger partial charge in [-0.25, -0.2) is 0 Å². The van der Waals surface area contributed by atoms with Crippen molar-refractivity contribution in [3.05, 3.63) is 60.2 Å². The fraction of sp³-hybridized carbons (Fsp3) is 0.263. The number of carbonyl (C=O) groups excluding carboxylic acids is 2. The van der Waals surface area contributed by atoms with Crippen molar-refractivity contribution in [1.29, 1.82) is 0 Å². The highest BCUT2D eigenvalue weighted by atomic mass is 19.3. The molecule has 0 aliphatic carbocycles. The zero-order valence-electron chi connectivity index (χ0n) is 14.3. The molecule has 27 heavy (non-hydrogen) atoms. The predicted molar refractivity (Wildman–Crippen MR) is 93.3 cm³/mol. The summed E-state index contributed by atoms with van der Waals surface area (Å²) in [7, 11) is 0. The Bertz CT molecular complexity index is 801. The Kier molecular flexibility index (Phi) is 5.97. The van der Waals surface area contributed by atoms with Crippen molar-refractivity contribution < 1.29 is 27.8 Å². The highest BCUT2D eigenvalue weighted by molar-refractivity contribution is 5.98. The van der Waals surface area contributed by atoms with Crippen LogP contribution in [0.5, 0.6) is 5.75 Å². The second-order valence-corrected chi connectivity index (χ2v) is 5.93. The standard InChI is InChI=1S/C19H18F2N2O4/c20-19(21)27-15-8-4-7-14(9-15)22-18(25)16-11-26-12-17(24)23(16)10-13-5-2-1-3-6-13/h1-9,16,19H,10-12H2,(H,22,25)/t16-/m1/s1. The number of halogens is 2. The quantitative estimate of drug-likeness (QED) is 0.842. The van der Waals surface area contributed by atoms with Crippen LogP contribution in [-0.2, 0) is 20.9 Å². The number of hydrogen-bond acceptors (Lipinski definition) is 4. The Balaban J connectivity index is 1.72. The largest absolute Gasteiger partial charge is 0.435 e. The molecule has 0 saturated carbocycles. The van der Waals surface area contributed by atoms with Crippen molar-refractivity contribution in [2.24, 2.45) is 0 Å². The minimum absolute atomic E-state index is 0.0532. The molecule has 1 saturated heterocycles. The average Bonchev–Trinajstić information content (AvgIpc) is 2.64. The molecule has 0 radical (unpaired) electrons. The molecule has 3 rings (SSSR count). The van der Waals surface area contributed by atoms with Gasteiger partial charge < -0.3 is 19.7 Å². The van der Waals surface area contributed by atoms with Gasteiger partial charge in [-0.15, -0.1) is 0 Å². The Morgan fingerprint density at radius 3 is 2.74 bits per heavy atom. The normalized spacial score (nSPS) is 17.1. The summed E-state index contributed by atoms with van der Waals surface area (Å²) in [5.74, 6) is -0.826. The van der Waals surface area contributed by atoms with E-state index < -0.39 is 18.6 Å². The summed E-state index contributed by atoms with van der Waals surface area (Å²) in [5, 5.41) is 2.62. The first-order valence-corrected chi connectivity index (χ1v) is 8.30. The molecule has 0 bridgehead atoms. The molecular formula is C19H18F2N2O4. The Morgan fingerprint density at radius 2 is 2.00 bits per heavy atom. The lowest BCUT2D eigenvalue weighted by atomic mass is 10.1. The second-order valence-electron chi connectivity index (χ2n) is 5.93. The van der Waals surface area contributed by atoms with Crippen LogP contribution in [0.4, 0.5) is 14.5 Å². The Hall–Kier alpha value is -3.00. The third kappa shape index (κ3) is 5.01. The average molecular weight is 376 g/mol. The summed E-state index contributed by atoms with van der Waals surface area (Å²) in [6.45, 7) is -2.72. The second kappa shape index (κ2) is 8.59. The molecule has 8 heteroatoms. The fourth-order valence-corrected chi connectivity index (χ4v) is 2.78. The van der Waals surface area contributed by atoms with Gasteiger partial charge >= 0.3 is 6.61 Å². The molecule has 142 valence electrons. The van der Waals surface area contributed by atoms with Crippen molar-refractivity contribution in [2.45, 2.75) is 19.2 Å². The monoisotopic (exact) mass is 376 g/mol. The van der Waals surface area contributed by atoms with E-state index in [-0.39, 0.29) is 37.1 Å². The number of nitrogens with zero attached hydrogens (tertiary/aromatic N) is 1. The minimum Gasteiger partial charge on any atom is -0.435 e. The van der Waals surface area contributed by atoms with Crippen LogP contribution in [0, 0.1) is 0 Å². The van der Waals surface area contributed by atoms with Gasteiger partial charge in [0, 0.05) is 18.3 Å². The third-order valence-electron chi connectivity index (χ3n) is 4.02. The number of benzene rings is 2. The lowest BCUT2D eigenvalue weighted by Gasteiger charge is -2.34. The van der Waals surface area contributed by atoms with E-state index in [2.05, 4.69) is 10.1 Å². The van der Waals surface area contributed by atoms with Crippen LogP contribution in [0.15, 0.2) is 54.6 Å². The summed E-state index contributed by atoms with van der Waals surface area (Å²) < 4.78 is 34.2. The number of amides is 2.